The van der Waals surface area contributed by atoms with E-state index in [-0.39, 0.29) is 5.91 Å². The number of aryl methyl sites for hydroxylation is 2. The summed E-state index contributed by atoms with van der Waals surface area (Å²) >= 11 is 0. The first-order valence-corrected chi connectivity index (χ1v) is 9.38. The zero-order valence-corrected chi connectivity index (χ0v) is 15.8. The summed E-state index contributed by atoms with van der Waals surface area (Å²) < 4.78 is 5.45. The maximum atomic E-state index is 12.5. The van der Waals surface area contributed by atoms with E-state index < -0.39 is 0 Å². The average Bonchev–Trinajstić information content (AvgIpc) is 2.69. The molecule has 3 rings (SSSR count). The molecule has 0 N–H and O–H groups in total. The van der Waals surface area contributed by atoms with E-state index in [2.05, 4.69) is 42.2 Å². The molecule has 0 saturated carbocycles. The van der Waals surface area contributed by atoms with Crippen LogP contribution in [0, 0.1) is 6.92 Å². The van der Waals surface area contributed by atoms with Gasteiger partial charge in [0.05, 0.1) is 12.8 Å². The van der Waals surface area contributed by atoms with Crippen LogP contribution in [0.25, 0.3) is 0 Å². The second-order valence-electron chi connectivity index (χ2n) is 6.88. The Labute approximate surface area is 156 Å². The summed E-state index contributed by atoms with van der Waals surface area (Å²) in [6, 6.07) is 16.7. The van der Waals surface area contributed by atoms with Crippen molar-refractivity contribution < 1.29 is 9.53 Å². The molecule has 2 aromatic rings. The molecule has 1 saturated heterocycles. The Morgan fingerprint density at radius 3 is 2.38 bits per heavy atom. The van der Waals surface area contributed by atoms with Crippen LogP contribution in [0.3, 0.4) is 0 Å². The van der Waals surface area contributed by atoms with E-state index in [0.29, 0.717) is 6.42 Å². The Morgan fingerprint density at radius 2 is 1.69 bits per heavy atom. The predicted octanol–water partition coefficient (Wildman–Crippen LogP) is 3.68. The number of anilines is 1. The van der Waals surface area contributed by atoms with E-state index in [1.54, 1.807) is 7.11 Å². The highest BCUT2D eigenvalue weighted by Gasteiger charge is 2.22. The molecular formula is C22H28N2O2. The van der Waals surface area contributed by atoms with Crippen LogP contribution in [0.4, 0.5) is 5.69 Å². The molecule has 0 aromatic heterocycles. The summed E-state index contributed by atoms with van der Waals surface area (Å²) in [5, 5.41) is 0. The van der Waals surface area contributed by atoms with Crippen molar-refractivity contribution in [3.63, 3.8) is 0 Å². The molecular weight excluding hydrogens is 324 g/mol. The second kappa shape index (κ2) is 8.75. The van der Waals surface area contributed by atoms with Crippen LogP contribution in [0.1, 0.15) is 24.0 Å². The first-order valence-electron chi connectivity index (χ1n) is 9.38. The third-order valence-electron chi connectivity index (χ3n) is 5.03. The highest BCUT2D eigenvalue weighted by Crippen LogP contribution is 2.28. The normalized spacial score (nSPS) is 14.4. The molecule has 1 aliphatic rings. The first-order chi connectivity index (χ1) is 12.7. The fraction of sp³-hybridized carbons (Fsp3) is 0.409. The minimum Gasteiger partial charge on any atom is -0.495 e. The standard InChI is InChI=1S/C22H28N2O2/c1-18-10-12-19(13-11-18)6-5-9-22(25)24-16-14-23(15-17-24)20-7-3-4-8-21(20)26-2/h3-4,7-8,10-13H,5-6,9,14-17H2,1-2H3. The molecule has 0 bridgehead atoms. The maximum Gasteiger partial charge on any atom is 0.222 e. The van der Waals surface area contributed by atoms with E-state index in [1.807, 2.05) is 23.1 Å². The van der Waals surface area contributed by atoms with Crippen molar-refractivity contribution in [3.8, 4) is 5.75 Å². The largest absolute Gasteiger partial charge is 0.495 e. The summed E-state index contributed by atoms with van der Waals surface area (Å²) in [4.78, 5) is 16.8. The third-order valence-corrected chi connectivity index (χ3v) is 5.03. The van der Waals surface area contributed by atoms with Gasteiger partial charge >= 0.3 is 0 Å². The lowest BCUT2D eigenvalue weighted by Crippen LogP contribution is -2.48. The zero-order chi connectivity index (χ0) is 18.4. The zero-order valence-electron chi connectivity index (χ0n) is 15.8. The van der Waals surface area contributed by atoms with Gasteiger partial charge in [-0.1, -0.05) is 42.0 Å². The molecule has 1 aliphatic heterocycles. The van der Waals surface area contributed by atoms with E-state index >= 15 is 0 Å². The van der Waals surface area contributed by atoms with E-state index in [1.165, 1.54) is 11.1 Å². The average molecular weight is 352 g/mol. The molecule has 0 unspecified atom stereocenters. The molecule has 4 nitrogen and oxygen atoms in total. The Bertz CT molecular complexity index is 719. The van der Waals surface area contributed by atoms with Crippen LogP contribution in [-0.2, 0) is 11.2 Å². The van der Waals surface area contributed by atoms with Gasteiger partial charge in [0, 0.05) is 32.6 Å². The lowest BCUT2D eigenvalue weighted by atomic mass is 10.1. The quantitative estimate of drug-likeness (QED) is 0.795. The monoisotopic (exact) mass is 352 g/mol. The number of ether oxygens (including phenoxy) is 1. The number of piperazine rings is 1. The molecule has 1 fully saturated rings. The third kappa shape index (κ3) is 4.57. The number of amides is 1. The van der Waals surface area contributed by atoms with Gasteiger partial charge in [-0.05, 0) is 37.5 Å². The highest BCUT2D eigenvalue weighted by atomic mass is 16.5. The summed E-state index contributed by atoms with van der Waals surface area (Å²) in [5.74, 6) is 1.17. The Kier molecular flexibility index (Phi) is 6.16. The molecule has 2 aromatic carbocycles. The van der Waals surface area contributed by atoms with Gasteiger partial charge in [0.15, 0.2) is 0 Å². The Hall–Kier alpha value is -2.49. The molecule has 1 amide bonds. The summed E-state index contributed by atoms with van der Waals surface area (Å²) in [5.41, 5.74) is 3.70. The number of carbonyl (C=O) groups excluding carboxylic acids is 1. The number of hydrogen-bond donors (Lipinski definition) is 0. The van der Waals surface area contributed by atoms with Crippen LogP contribution in [-0.4, -0.2) is 44.1 Å². The second-order valence-corrected chi connectivity index (χ2v) is 6.88. The SMILES string of the molecule is COc1ccccc1N1CCN(C(=O)CCCc2ccc(C)cc2)CC1. The van der Waals surface area contributed by atoms with Gasteiger partial charge in [0.25, 0.3) is 0 Å². The van der Waals surface area contributed by atoms with Crippen LogP contribution in [0.5, 0.6) is 5.75 Å². The number of nitrogens with zero attached hydrogens (tertiary/aromatic N) is 2. The first kappa shape index (κ1) is 18.3. The number of para-hydroxylation sites is 2. The van der Waals surface area contributed by atoms with Crippen molar-refractivity contribution in [2.75, 3.05) is 38.2 Å². The van der Waals surface area contributed by atoms with Crippen molar-refractivity contribution in [3.05, 3.63) is 59.7 Å². The van der Waals surface area contributed by atoms with Gasteiger partial charge in [0.2, 0.25) is 5.91 Å². The van der Waals surface area contributed by atoms with Gasteiger partial charge in [-0.25, -0.2) is 0 Å². The number of benzene rings is 2. The van der Waals surface area contributed by atoms with E-state index in [4.69, 9.17) is 4.74 Å². The molecule has 0 aliphatic carbocycles. The minimum atomic E-state index is 0.275. The van der Waals surface area contributed by atoms with Gasteiger partial charge in [0.1, 0.15) is 5.75 Å². The topological polar surface area (TPSA) is 32.8 Å². The molecule has 1 heterocycles. The summed E-state index contributed by atoms with van der Waals surface area (Å²) in [7, 11) is 1.70. The van der Waals surface area contributed by atoms with Crippen LogP contribution < -0.4 is 9.64 Å². The van der Waals surface area contributed by atoms with Crippen molar-refractivity contribution in [1.29, 1.82) is 0 Å². The van der Waals surface area contributed by atoms with E-state index in [0.717, 1.165) is 50.5 Å². The Balaban J connectivity index is 1.45. The molecule has 0 atom stereocenters. The predicted molar refractivity (Wildman–Crippen MR) is 106 cm³/mol. The number of carbonyl (C=O) groups is 1. The number of hydrogen-bond acceptors (Lipinski definition) is 3. The smallest absolute Gasteiger partial charge is 0.222 e. The lowest BCUT2D eigenvalue weighted by Gasteiger charge is -2.36. The van der Waals surface area contributed by atoms with E-state index in [9.17, 15) is 4.79 Å². The highest BCUT2D eigenvalue weighted by molar-refractivity contribution is 5.76. The van der Waals surface area contributed by atoms with Crippen LogP contribution in [0.15, 0.2) is 48.5 Å². The Morgan fingerprint density at radius 1 is 1.00 bits per heavy atom. The van der Waals surface area contributed by atoms with Gasteiger partial charge < -0.3 is 14.5 Å². The summed E-state index contributed by atoms with van der Waals surface area (Å²) in [6.45, 7) is 5.36. The fourth-order valence-corrected chi connectivity index (χ4v) is 3.44. The maximum absolute atomic E-state index is 12.5. The molecule has 0 spiro atoms. The lowest BCUT2D eigenvalue weighted by molar-refractivity contribution is -0.131. The molecule has 4 heteroatoms. The number of methoxy groups -OCH3 is 1. The molecule has 26 heavy (non-hydrogen) atoms. The van der Waals surface area contributed by atoms with Crippen molar-refractivity contribution >= 4 is 11.6 Å². The summed E-state index contributed by atoms with van der Waals surface area (Å²) in [6.07, 6.45) is 2.50. The van der Waals surface area contributed by atoms with Gasteiger partial charge in [-0.2, -0.15) is 0 Å². The van der Waals surface area contributed by atoms with Crippen molar-refractivity contribution in [1.82, 2.24) is 4.90 Å². The minimum absolute atomic E-state index is 0.275. The van der Waals surface area contributed by atoms with Gasteiger partial charge in [-0.3, -0.25) is 4.79 Å². The van der Waals surface area contributed by atoms with Gasteiger partial charge in [-0.15, -0.1) is 0 Å². The molecule has 138 valence electrons. The van der Waals surface area contributed by atoms with Crippen LogP contribution >= 0.6 is 0 Å². The fourth-order valence-electron chi connectivity index (χ4n) is 3.44. The van der Waals surface area contributed by atoms with Crippen LogP contribution in [0.2, 0.25) is 0 Å². The van der Waals surface area contributed by atoms with Crippen molar-refractivity contribution in [2.24, 2.45) is 0 Å². The number of rotatable bonds is 6. The van der Waals surface area contributed by atoms with Crippen molar-refractivity contribution in [2.45, 2.75) is 26.2 Å². The molecule has 0 radical (unpaired) electrons.